The van der Waals surface area contributed by atoms with E-state index in [-0.39, 0.29) is 6.54 Å². The molecule has 0 bridgehead atoms. The first-order valence-electron chi connectivity index (χ1n) is 8.62. The quantitative estimate of drug-likeness (QED) is 0.411. The predicted molar refractivity (Wildman–Crippen MR) is 104 cm³/mol. The van der Waals surface area contributed by atoms with E-state index in [0.717, 1.165) is 10.5 Å². The average molecular weight is 378 g/mol. The van der Waals surface area contributed by atoms with Gasteiger partial charge in [-0.3, -0.25) is 10.7 Å². The van der Waals surface area contributed by atoms with Gasteiger partial charge in [0.1, 0.15) is 11.2 Å². The van der Waals surface area contributed by atoms with Crippen molar-refractivity contribution in [1.29, 1.82) is 5.41 Å². The molecule has 0 spiro atoms. The SMILES string of the molecule is Cc1cccc(N)c1CN(C(=N)NC(=O)OC(C)(C)C)C(=O)OC(C)(C)C. The second kappa shape index (κ2) is 8.28. The van der Waals surface area contributed by atoms with Crippen molar-refractivity contribution >= 4 is 23.8 Å². The number of amides is 2. The highest BCUT2D eigenvalue weighted by atomic mass is 16.6. The zero-order valence-electron chi connectivity index (χ0n) is 17.1. The molecule has 0 unspecified atom stereocenters. The third-order valence-corrected chi connectivity index (χ3v) is 3.27. The normalized spacial score (nSPS) is 11.5. The molecule has 0 heterocycles. The van der Waals surface area contributed by atoms with Gasteiger partial charge < -0.3 is 15.2 Å². The molecule has 0 radical (unpaired) electrons. The predicted octanol–water partition coefficient (Wildman–Crippen LogP) is 3.77. The Bertz CT molecular complexity index is 697. The van der Waals surface area contributed by atoms with Gasteiger partial charge in [-0.25, -0.2) is 14.5 Å². The van der Waals surface area contributed by atoms with Crippen LogP contribution in [0.3, 0.4) is 0 Å². The third kappa shape index (κ3) is 7.55. The molecule has 0 saturated heterocycles. The molecule has 8 nitrogen and oxygen atoms in total. The zero-order chi connectivity index (χ0) is 21.0. The van der Waals surface area contributed by atoms with Gasteiger partial charge in [0.25, 0.3) is 0 Å². The number of guanidine groups is 1. The van der Waals surface area contributed by atoms with Crippen molar-refractivity contribution in [2.75, 3.05) is 5.73 Å². The van der Waals surface area contributed by atoms with Crippen molar-refractivity contribution in [3.05, 3.63) is 29.3 Å². The summed E-state index contributed by atoms with van der Waals surface area (Å²) in [6.45, 7) is 12.1. The number of nitrogens with one attached hydrogen (secondary N) is 2. The molecule has 0 aliphatic carbocycles. The smallest absolute Gasteiger partial charge is 0.417 e. The van der Waals surface area contributed by atoms with Crippen LogP contribution in [0.2, 0.25) is 0 Å². The number of hydrogen-bond donors (Lipinski definition) is 3. The van der Waals surface area contributed by atoms with Crippen molar-refractivity contribution in [3.63, 3.8) is 0 Å². The molecule has 0 fully saturated rings. The van der Waals surface area contributed by atoms with Crippen LogP contribution in [0.15, 0.2) is 18.2 Å². The molecular weight excluding hydrogens is 348 g/mol. The highest BCUT2D eigenvalue weighted by Crippen LogP contribution is 2.20. The summed E-state index contributed by atoms with van der Waals surface area (Å²) in [7, 11) is 0. The minimum atomic E-state index is -0.834. The van der Waals surface area contributed by atoms with Crippen LogP contribution >= 0.6 is 0 Å². The van der Waals surface area contributed by atoms with E-state index in [1.165, 1.54) is 0 Å². The van der Waals surface area contributed by atoms with Crippen LogP contribution in [0, 0.1) is 12.3 Å². The molecule has 150 valence electrons. The molecule has 1 aromatic carbocycles. The maximum absolute atomic E-state index is 12.6. The second-order valence-corrected chi connectivity index (χ2v) is 8.18. The number of rotatable bonds is 2. The van der Waals surface area contributed by atoms with Crippen LogP contribution in [0.25, 0.3) is 0 Å². The maximum Gasteiger partial charge on any atom is 0.417 e. The van der Waals surface area contributed by atoms with Gasteiger partial charge in [-0.05, 0) is 65.7 Å². The van der Waals surface area contributed by atoms with Crippen molar-refractivity contribution in [3.8, 4) is 0 Å². The standard InChI is InChI=1S/C19H30N4O4/c1-12-9-8-10-14(20)13(12)11-23(17(25)27-19(5,6)7)15(21)22-16(24)26-18(2,3)4/h8-10H,11,20H2,1-7H3,(H2,21,22,24). The average Bonchev–Trinajstić information content (AvgIpc) is 2.42. The number of nitrogen functional groups attached to an aromatic ring is 1. The highest BCUT2D eigenvalue weighted by Gasteiger charge is 2.28. The van der Waals surface area contributed by atoms with Crippen LogP contribution in [0.4, 0.5) is 15.3 Å². The van der Waals surface area contributed by atoms with Crippen LogP contribution in [-0.4, -0.2) is 34.2 Å². The van der Waals surface area contributed by atoms with E-state index >= 15 is 0 Å². The molecule has 27 heavy (non-hydrogen) atoms. The Hall–Kier alpha value is -2.77. The van der Waals surface area contributed by atoms with Gasteiger partial charge in [-0.2, -0.15) is 0 Å². The molecule has 0 saturated carbocycles. The number of benzene rings is 1. The van der Waals surface area contributed by atoms with Crippen LogP contribution in [0.5, 0.6) is 0 Å². The van der Waals surface area contributed by atoms with Crippen LogP contribution < -0.4 is 11.1 Å². The fraction of sp³-hybridized carbons (Fsp3) is 0.526. The molecule has 0 aliphatic rings. The fourth-order valence-corrected chi connectivity index (χ4v) is 2.12. The molecular formula is C19H30N4O4. The van der Waals surface area contributed by atoms with E-state index in [9.17, 15) is 9.59 Å². The lowest BCUT2D eigenvalue weighted by molar-refractivity contribution is 0.0347. The third-order valence-electron chi connectivity index (χ3n) is 3.27. The number of carbonyl (C=O) groups is 2. The summed E-state index contributed by atoms with van der Waals surface area (Å²) in [5.41, 5.74) is 6.52. The Morgan fingerprint density at radius 3 is 2.15 bits per heavy atom. The van der Waals surface area contributed by atoms with Crippen molar-refractivity contribution in [2.24, 2.45) is 0 Å². The maximum atomic E-state index is 12.6. The van der Waals surface area contributed by atoms with Gasteiger partial charge in [0.2, 0.25) is 5.96 Å². The molecule has 1 aromatic rings. The van der Waals surface area contributed by atoms with E-state index in [0.29, 0.717) is 11.3 Å². The van der Waals surface area contributed by atoms with E-state index in [1.54, 1.807) is 53.7 Å². The minimum absolute atomic E-state index is 0.0257. The Morgan fingerprint density at radius 1 is 1.11 bits per heavy atom. The van der Waals surface area contributed by atoms with E-state index < -0.39 is 29.3 Å². The molecule has 4 N–H and O–H groups in total. The van der Waals surface area contributed by atoms with E-state index in [1.807, 2.05) is 13.0 Å². The largest absolute Gasteiger partial charge is 0.444 e. The van der Waals surface area contributed by atoms with Gasteiger partial charge in [-0.15, -0.1) is 0 Å². The molecule has 2 amide bonds. The van der Waals surface area contributed by atoms with Gasteiger partial charge in [0.05, 0.1) is 6.54 Å². The van der Waals surface area contributed by atoms with E-state index in [2.05, 4.69) is 5.32 Å². The summed E-state index contributed by atoms with van der Waals surface area (Å²) in [5, 5.41) is 10.5. The lowest BCUT2D eigenvalue weighted by Crippen LogP contribution is -2.49. The molecule has 0 aromatic heterocycles. The van der Waals surface area contributed by atoms with Crippen LogP contribution in [0.1, 0.15) is 52.7 Å². The molecule has 0 aliphatic heterocycles. The van der Waals surface area contributed by atoms with Gasteiger partial charge in [0.15, 0.2) is 0 Å². The fourth-order valence-electron chi connectivity index (χ4n) is 2.12. The first-order chi connectivity index (χ1) is 12.2. The number of ether oxygens (including phenoxy) is 2. The summed E-state index contributed by atoms with van der Waals surface area (Å²) in [6, 6.07) is 5.36. The first kappa shape index (κ1) is 22.3. The van der Waals surface area contributed by atoms with Gasteiger partial charge >= 0.3 is 12.2 Å². The van der Waals surface area contributed by atoms with E-state index in [4.69, 9.17) is 20.6 Å². The number of anilines is 1. The Kier molecular flexibility index (Phi) is 6.83. The Balaban J connectivity index is 3.09. The number of hydrogen-bond acceptors (Lipinski definition) is 6. The summed E-state index contributed by atoms with van der Waals surface area (Å²) in [6.07, 6.45) is -1.61. The number of alkyl carbamates (subject to hydrolysis) is 1. The van der Waals surface area contributed by atoms with Crippen molar-refractivity contribution in [2.45, 2.75) is 66.2 Å². The second-order valence-electron chi connectivity index (χ2n) is 8.18. The number of nitrogens with two attached hydrogens (primary N) is 1. The minimum Gasteiger partial charge on any atom is -0.444 e. The van der Waals surface area contributed by atoms with Crippen molar-refractivity contribution in [1.82, 2.24) is 10.2 Å². The van der Waals surface area contributed by atoms with Crippen molar-refractivity contribution < 1.29 is 19.1 Å². The molecule has 1 rings (SSSR count). The monoisotopic (exact) mass is 378 g/mol. The lowest BCUT2D eigenvalue weighted by Gasteiger charge is -2.29. The lowest BCUT2D eigenvalue weighted by atomic mass is 10.1. The zero-order valence-corrected chi connectivity index (χ0v) is 17.1. The topological polar surface area (TPSA) is 118 Å². The van der Waals surface area contributed by atoms with Gasteiger partial charge in [-0.1, -0.05) is 12.1 Å². The Morgan fingerprint density at radius 2 is 1.67 bits per heavy atom. The number of aryl methyl sites for hydroxylation is 1. The first-order valence-corrected chi connectivity index (χ1v) is 8.62. The molecule has 0 atom stereocenters. The number of carbonyl (C=O) groups excluding carboxylic acids is 2. The summed E-state index contributed by atoms with van der Waals surface area (Å²) in [4.78, 5) is 25.6. The summed E-state index contributed by atoms with van der Waals surface area (Å²) < 4.78 is 10.5. The summed E-state index contributed by atoms with van der Waals surface area (Å²) >= 11 is 0. The molecule has 8 heteroatoms. The summed E-state index contributed by atoms with van der Waals surface area (Å²) in [5.74, 6) is -0.457. The highest BCUT2D eigenvalue weighted by molar-refractivity contribution is 5.99. The van der Waals surface area contributed by atoms with Gasteiger partial charge in [0, 0.05) is 5.69 Å². The Labute approximate surface area is 160 Å². The number of nitrogens with zero attached hydrogens (tertiary/aromatic N) is 1. The van der Waals surface area contributed by atoms with Crippen LogP contribution in [-0.2, 0) is 16.0 Å².